The third-order valence-corrected chi connectivity index (χ3v) is 3.29. The first-order valence-corrected chi connectivity index (χ1v) is 6.78. The molecule has 1 aromatic heterocycles. The summed E-state index contributed by atoms with van der Waals surface area (Å²) in [6.07, 6.45) is 2.89. The smallest absolute Gasteiger partial charge is 0.0589 e. The molecule has 0 aliphatic rings. The maximum absolute atomic E-state index is 5.88. The quantitative estimate of drug-likeness (QED) is 0.834. The van der Waals surface area contributed by atoms with Crippen LogP contribution >= 0.6 is 11.6 Å². The van der Waals surface area contributed by atoms with Crippen molar-refractivity contribution in [3.63, 3.8) is 0 Å². The molecule has 0 aromatic carbocycles. The molecule has 1 aromatic rings. The second-order valence-electron chi connectivity index (χ2n) is 4.91. The second kappa shape index (κ2) is 6.97. The van der Waals surface area contributed by atoms with Gasteiger partial charge in [-0.05, 0) is 37.9 Å². The number of rotatable bonds is 6. The fourth-order valence-electron chi connectivity index (χ4n) is 2.26. The molecule has 1 N–H and O–H groups in total. The van der Waals surface area contributed by atoms with Crippen LogP contribution in [-0.4, -0.2) is 17.6 Å². The Morgan fingerprint density at radius 3 is 2.47 bits per heavy atom. The average Bonchev–Trinajstić information content (AvgIpc) is 2.29. The van der Waals surface area contributed by atoms with Crippen LogP contribution in [0.1, 0.15) is 45.7 Å². The molecule has 0 bridgehead atoms. The van der Waals surface area contributed by atoms with Gasteiger partial charge in [-0.1, -0.05) is 32.4 Å². The zero-order chi connectivity index (χ0) is 12.8. The van der Waals surface area contributed by atoms with Gasteiger partial charge in [0.25, 0.3) is 0 Å². The predicted octanol–water partition coefficient (Wildman–Crippen LogP) is 3.86. The van der Waals surface area contributed by atoms with Gasteiger partial charge in [0.2, 0.25) is 0 Å². The van der Waals surface area contributed by atoms with Crippen molar-refractivity contribution in [1.82, 2.24) is 10.3 Å². The number of hydrogen-bond donors (Lipinski definition) is 1. The highest BCUT2D eigenvalue weighted by molar-refractivity contribution is 6.30. The highest BCUT2D eigenvalue weighted by Crippen LogP contribution is 2.27. The summed E-state index contributed by atoms with van der Waals surface area (Å²) in [5.41, 5.74) is 1.13. The molecule has 0 aliphatic carbocycles. The number of nitrogens with one attached hydrogen (secondary N) is 1. The van der Waals surface area contributed by atoms with Crippen molar-refractivity contribution in [1.29, 1.82) is 0 Å². The van der Waals surface area contributed by atoms with Gasteiger partial charge in [-0.2, -0.15) is 0 Å². The van der Waals surface area contributed by atoms with Crippen LogP contribution in [0.5, 0.6) is 0 Å². The number of pyridine rings is 1. The van der Waals surface area contributed by atoms with Crippen molar-refractivity contribution < 1.29 is 0 Å². The minimum atomic E-state index is 0.429. The van der Waals surface area contributed by atoms with Crippen molar-refractivity contribution in [2.45, 2.75) is 46.1 Å². The first-order valence-electron chi connectivity index (χ1n) is 6.41. The van der Waals surface area contributed by atoms with E-state index in [2.05, 4.69) is 38.0 Å². The number of hydrogen-bond acceptors (Lipinski definition) is 2. The van der Waals surface area contributed by atoms with Gasteiger partial charge in [-0.25, -0.2) is 0 Å². The highest BCUT2D eigenvalue weighted by Gasteiger charge is 2.23. The van der Waals surface area contributed by atoms with E-state index < -0.39 is 0 Å². The van der Waals surface area contributed by atoms with E-state index in [0.29, 0.717) is 22.9 Å². The fraction of sp³-hybridized carbons (Fsp3) is 0.643. The molecule has 17 heavy (non-hydrogen) atoms. The summed E-state index contributed by atoms with van der Waals surface area (Å²) in [6, 6.07) is 4.40. The summed E-state index contributed by atoms with van der Waals surface area (Å²) in [5.74, 6) is 0.988. The van der Waals surface area contributed by atoms with Crippen LogP contribution in [0.25, 0.3) is 0 Å². The van der Waals surface area contributed by atoms with E-state index in [4.69, 9.17) is 11.6 Å². The minimum Gasteiger partial charge on any atom is -0.314 e. The van der Waals surface area contributed by atoms with Crippen molar-refractivity contribution in [3.8, 4) is 0 Å². The van der Waals surface area contributed by atoms with Crippen molar-refractivity contribution >= 4 is 11.6 Å². The molecule has 0 spiro atoms. The lowest BCUT2D eigenvalue weighted by atomic mass is 9.86. The van der Waals surface area contributed by atoms with E-state index in [1.807, 2.05) is 12.1 Å². The third-order valence-electron chi connectivity index (χ3n) is 3.07. The average molecular weight is 255 g/mol. The van der Waals surface area contributed by atoms with Gasteiger partial charge in [0, 0.05) is 23.9 Å². The molecular formula is C14H23ClN2. The van der Waals surface area contributed by atoms with E-state index >= 15 is 0 Å². The summed E-state index contributed by atoms with van der Waals surface area (Å²) in [5, 5.41) is 4.25. The SMILES string of the molecule is CCCNC(C)C(c1ccc(Cl)cn1)C(C)C. The number of nitrogens with zero attached hydrogens (tertiary/aromatic N) is 1. The van der Waals surface area contributed by atoms with E-state index in [9.17, 15) is 0 Å². The monoisotopic (exact) mass is 254 g/mol. The predicted molar refractivity (Wildman–Crippen MR) is 74.6 cm³/mol. The Bertz CT molecular complexity index is 321. The zero-order valence-electron chi connectivity index (χ0n) is 11.2. The topological polar surface area (TPSA) is 24.9 Å². The molecule has 96 valence electrons. The molecule has 1 rings (SSSR count). The Kier molecular flexibility index (Phi) is 5.93. The largest absolute Gasteiger partial charge is 0.314 e. The van der Waals surface area contributed by atoms with Crippen LogP contribution < -0.4 is 5.32 Å². The molecule has 0 radical (unpaired) electrons. The first kappa shape index (κ1) is 14.5. The van der Waals surface area contributed by atoms with Crippen molar-refractivity contribution in [3.05, 3.63) is 29.0 Å². The molecular weight excluding hydrogens is 232 g/mol. The van der Waals surface area contributed by atoms with Gasteiger partial charge in [0.15, 0.2) is 0 Å². The summed E-state index contributed by atoms with van der Waals surface area (Å²) in [4.78, 5) is 4.46. The summed E-state index contributed by atoms with van der Waals surface area (Å²) < 4.78 is 0. The molecule has 0 aliphatic heterocycles. The lowest BCUT2D eigenvalue weighted by Crippen LogP contribution is -2.35. The van der Waals surface area contributed by atoms with Gasteiger partial charge in [-0.15, -0.1) is 0 Å². The van der Waals surface area contributed by atoms with Gasteiger partial charge in [-0.3, -0.25) is 4.98 Å². The lowest BCUT2D eigenvalue weighted by Gasteiger charge is -2.28. The zero-order valence-corrected chi connectivity index (χ0v) is 12.0. The highest BCUT2D eigenvalue weighted by atomic mass is 35.5. The van der Waals surface area contributed by atoms with Crippen LogP contribution in [0, 0.1) is 5.92 Å². The number of halogens is 1. The Balaban J connectivity index is 2.81. The van der Waals surface area contributed by atoms with Crippen LogP contribution in [0.2, 0.25) is 5.02 Å². The summed E-state index contributed by atoms with van der Waals surface area (Å²) in [6.45, 7) is 9.95. The van der Waals surface area contributed by atoms with Gasteiger partial charge in [0.1, 0.15) is 0 Å². The molecule has 2 unspecified atom stereocenters. The third kappa shape index (κ3) is 4.29. The molecule has 1 heterocycles. The van der Waals surface area contributed by atoms with E-state index in [1.54, 1.807) is 6.20 Å². The van der Waals surface area contributed by atoms with Crippen LogP contribution in [-0.2, 0) is 0 Å². The normalized spacial score (nSPS) is 14.9. The maximum atomic E-state index is 5.88. The Labute approximate surface area is 110 Å². The summed E-state index contributed by atoms with van der Waals surface area (Å²) >= 11 is 5.88. The van der Waals surface area contributed by atoms with Gasteiger partial charge < -0.3 is 5.32 Å². The first-order chi connectivity index (χ1) is 8.06. The van der Waals surface area contributed by atoms with Gasteiger partial charge in [0.05, 0.1) is 5.02 Å². The molecule has 0 fully saturated rings. The Hall–Kier alpha value is -0.600. The molecule has 2 atom stereocenters. The molecule has 3 heteroatoms. The lowest BCUT2D eigenvalue weighted by molar-refractivity contribution is 0.371. The Morgan fingerprint density at radius 1 is 1.29 bits per heavy atom. The van der Waals surface area contributed by atoms with Crippen molar-refractivity contribution in [2.75, 3.05) is 6.54 Å². The van der Waals surface area contributed by atoms with Crippen molar-refractivity contribution in [2.24, 2.45) is 5.92 Å². The van der Waals surface area contributed by atoms with Crippen LogP contribution in [0.3, 0.4) is 0 Å². The molecule has 2 nitrogen and oxygen atoms in total. The number of aromatic nitrogens is 1. The standard InChI is InChI=1S/C14H23ClN2/c1-5-8-16-11(4)14(10(2)3)13-7-6-12(15)9-17-13/h6-7,9-11,14,16H,5,8H2,1-4H3. The van der Waals surface area contributed by atoms with Crippen LogP contribution in [0.4, 0.5) is 0 Å². The van der Waals surface area contributed by atoms with Crippen LogP contribution in [0.15, 0.2) is 18.3 Å². The molecule has 0 amide bonds. The maximum Gasteiger partial charge on any atom is 0.0589 e. The second-order valence-corrected chi connectivity index (χ2v) is 5.35. The minimum absolute atomic E-state index is 0.429. The molecule has 0 saturated heterocycles. The van der Waals surface area contributed by atoms with E-state index in [0.717, 1.165) is 18.7 Å². The summed E-state index contributed by atoms with van der Waals surface area (Å²) in [7, 11) is 0. The van der Waals surface area contributed by atoms with E-state index in [1.165, 1.54) is 0 Å². The van der Waals surface area contributed by atoms with Gasteiger partial charge >= 0.3 is 0 Å². The molecule has 0 saturated carbocycles. The fourth-order valence-corrected chi connectivity index (χ4v) is 2.37. The van der Waals surface area contributed by atoms with E-state index in [-0.39, 0.29) is 0 Å². The Morgan fingerprint density at radius 2 is 2.00 bits per heavy atom.